The van der Waals surface area contributed by atoms with E-state index < -0.39 is 17.4 Å². The highest BCUT2D eigenvalue weighted by Gasteiger charge is 2.43. The Hall–Kier alpha value is -2.02. The van der Waals surface area contributed by atoms with Crippen LogP contribution in [0.4, 0.5) is 5.69 Å². The molecule has 0 atom stereocenters. The van der Waals surface area contributed by atoms with Gasteiger partial charge >= 0.3 is 5.97 Å². The zero-order valence-electron chi connectivity index (χ0n) is 12.6. The molecule has 1 aliphatic carbocycles. The Morgan fingerprint density at radius 1 is 1.26 bits per heavy atom. The van der Waals surface area contributed by atoms with E-state index in [2.05, 4.69) is 5.32 Å². The molecular formula is C16H18N2O4S. The molecule has 0 bridgehead atoms. The number of carbonyl (C=O) groups is 3. The topological polar surface area (TPSA) is 86.7 Å². The molecule has 0 aromatic heterocycles. The van der Waals surface area contributed by atoms with Gasteiger partial charge in [0, 0.05) is 4.90 Å². The fraction of sp³-hybridized carbons (Fsp3) is 0.438. The third-order valence-corrected chi connectivity index (χ3v) is 5.40. The fourth-order valence-corrected chi connectivity index (χ4v) is 4.08. The zero-order valence-corrected chi connectivity index (χ0v) is 13.4. The summed E-state index contributed by atoms with van der Waals surface area (Å²) >= 11 is 1.45. The molecule has 122 valence electrons. The van der Waals surface area contributed by atoms with Crippen LogP contribution in [0.15, 0.2) is 29.2 Å². The lowest BCUT2D eigenvalue weighted by Gasteiger charge is -2.30. The van der Waals surface area contributed by atoms with Crippen molar-refractivity contribution in [2.45, 2.75) is 36.1 Å². The molecule has 1 saturated carbocycles. The van der Waals surface area contributed by atoms with E-state index in [0.29, 0.717) is 18.5 Å². The molecule has 0 radical (unpaired) electrons. The van der Waals surface area contributed by atoms with Crippen LogP contribution in [0.25, 0.3) is 0 Å². The van der Waals surface area contributed by atoms with Crippen molar-refractivity contribution < 1.29 is 19.5 Å². The number of benzene rings is 1. The Morgan fingerprint density at radius 2 is 1.96 bits per heavy atom. The van der Waals surface area contributed by atoms with E-state index in [0.717, 1.165) is 17.7 Å². The summed E-state index contributed by atoms with van der Waals surface area (Å²) in [7, 11) is 0. The number of para-hydroxylation sites is 1. The molecule has 1 fully saturated rings. The maximum absolute atomic E-state index is 12.4. The van der Waals surface area contributed by atoms with Gasteiger partial charge in [0.05, 0.1) is 11.4 Å². The van der Waals surface area contributed by atoms with Gasteiger partial charge in [0.25, 0.3) is 0 Å². The molecule has 0 unspecified atom stereocenters. The molecule has 23 heavy (non-hydrogen) atoms. The monoisotopic (exact) mass is 334 g/mol. The van der Waals surface area contributed by atoms with Crippen LogP contribution < -0.4 is 10.2 Å². The highest BCUT2D eigenvalue weighted by molar-refractivity contribution is 8.00. The van der Waals surface area contributed by atoms with E-state index in [-0.39, 0.29) is 18.2 Å². The van der Waals surface area contributed by atoms with E-state index in [1.165, 1.54) is 16.7 Å². The second kappa shape index (κ2) is 6.23. The maximum Gasteiger partial charge on any atom is 0.329 e. The van der Waals surface area contributed by atoms with Gasteiger partial charge in [-0.1, -0.05) is 25.0 Å². The third-order valence-electron chi connectivity index (χ3n) is 4.36. The number of nitrogens with one attached hydrogen (secondary N) is 1. The molecule has 1 aromatic rings. The van der Waals surface area contributed by atoms with Crippen molar-refractivity contribution in [1.29, 1.82) is 0 Å². The highest BCUT2D eigenvalue weighted by Crippen LogP contribution is 2.35. The quantitative estimate of drug-likeness (QED) is 0.874. The smallest absolute Gasteiger partial charge is 0.329 e. The standard InChI is InChI=1S/C16H18N2O4S/c19-13(17-16(15(21)22)7-3-4-8-16)9-18-11-5-1-2-6-12(11)23-10-14(18)20/h1-2,5-6H,3-4,7-10H2,(H,17,19)(H,21,22). The number of nitrogens with zero attached hydrogens (tertiary/aromatic N) is 1. The number of carboxylic acids is 1. The lowest BCUT2D eigenvalue weighted by atomic mass is 9.98. The first kappa shape index (κ1) is 15.9. The first-order chi connectivity index (χ1) is 11.0. The van der Waals surface area contributed by atoms with E-state index in [1.807, 2.05) is 18.2 Å². The third kappa shape index (κ3) is 3.06. The average molecular weight is 334 g/mol. The molecule has 0 spiro atoms. The molecule has 2 aliphatic rings. The van der Waals surface area contributed by atoms with Crippen LogP contribution in [-0.2, 0) is 14.4 Å². The van der Waals surface area contributed by atoms with Crippen LogP contribution in [-0.4, -0.2) is 40.7 Å². The number of thioether (sulfide) groups is 1. The molecule has 0 saturated heterocycles. The van der Waals surface area contributed by atoms with Crippen LogP contribution >= 0.6 is 11.8 Å². The SMILES string of the molecule is O=C(CN1C(=O)CSc2ccccc21)NC1(C(=O)O)CCCC1. The van der Waals surface area contributed by atoms with Crippen molar-refractivity contribution >= 4 is 35.2 Å². The first-order valence-corrected chi connectivity index (χ1v) is 8.57. The van der Waals surface area contributed by atoms with E-state index in [9.17, 15) is 19.5 Å². The Morgan fingerprint density at radius 3 is 2.65 bits per heavy atom. The van der Waals surface area contributed by atoms with Gasteiger partial charge < -0.3 is 15.3 Å². The van der Waals surface area contributed by atoms with Crippen molar-refractivity contribution in [3.8, 4) is 0 Å². The van der Waals surface area contributed by atoms with Gasteiger partial charge in [-0.15, -0.1) is 11.8 Å². The predicted molar refractivity (Wildman–Crippen MR) is 86.5 cm³/mol. The van der Waals surface area contributed by atoms with Crippen LogP contribution in [0.2, 0.25) is 0 Å². The lowest BCUT2D eigenvalue weighted by Crippen LogP contribution is -2.55. The molecule has 2 amide bonds. The summed E-state index contributed by atoms with van der Waals surface area (Å²) in [6.07, 6.45) is 2.45. The molecule has 7 heteroatoms. The Bertz CT molecular complexity index is 655. The van der Waals surface area contributed by atoms with Gasteiger partial charge in [0.15, 0.2) is 0 Å². The molecule has 1 heterocycles. The van der Waals surface area contributed by atoms with Crippen LogP contribution in [0.5, 0.6) is 0 Å². The summed E-state index contributed by atoms with van der Waals surface area (Å²) < 4.78 is 0. The summed E-state index contributed by atoms with van der Waals surface area (Å²) in [6, 6.07) is 7.42. The van der Waals surface area contributed by atoms with Gasteiger partial charge in [-0.05, 0) is 25.0 Å². The van der Waals surface area contributed by atoms with Gasteiger partial charge in [-0.2, -0.15) is 0 Å². The van der Waals surface area contributed by atoms with Gasteiger partial charge in [-0.3, -0.25) is 9.59 Å². The fourth-order valence-electron chi connectivity index (χ4n) is 3.15. The van der Waals surface area contributed by atoms with Crippen molar-refractivity contribution in [2.75, 3.05) is 17.2 Å². The summed E-state index contributed by atoms with van der Waals surface area (Å²) in [5.41, 5.74) is -0.468. The average Bonchev–Trinajstić information content (AvgIpc) is 3.00. The Balaban J connectivity index is 1.75. The van der Waals surface area contributed by atoms with Gasteiger partial charge in [0.2, 0.25) is 11.8 Å². The number of anilines is 1. The molecule has 1 aromatic carbocycles. The number of rotatable bonds is 4. The van der Waals surface area contributed by atoms with Gasteiger partial charge in [0.1, 0.15) is 12.1 Å². The maximum atomic E-state index is 12.4. The number of fused-ring (bicyclic) bond motifs is 1. The molecular weight excluding hydrogens is 316 g/mol. The summed E-state index contributed by atoms with van der Waals surface area (Å²) in [4.78, 5) is 38.4. The van der Waals surface area contributed by atoms with Gasteiger partial charge in [-0.25, -0.2) is 4.79 Å². The second-order valence-electron chi connectivity index (χ2n) is 5.88. The van der Waals surface area contributed by atoms with E-state index >= 15 is 0 Å². The zero-order chi connectivity index (χ0) is 16.4. The van der Waals surface area contributed by atoms with Crippen molar-refractivity contribution in [3.63, 3.8) is 0 Å². The number of aliphatic carboxylic acids is 1. The number of amides is 2. The largest absolute Gasteiger partial charge is 0.480 e. The molecule has 2 N–H and O–H groups in total. The number of hydrogen-bond acceptors (Lipinski definition) is 4. The highest BCUT2D eigenvalue weighted by atomic mass is 32.2. The molecule has 6 nitrogen and oxygen atoms in total. The summed E-state index contributed by atoms with van der Waals surface area (Å²) in [6.45, 7) is -0.147. The van der Waals surface area contributed by atoms with E-state index in [4.69, 9.17) is 0 Å². The number of carboxylic acid groups (broad SMARTS) is 1. The first-order valence-electron chi connectivity index (χ1n) is 7.58. The van der Waals surface area contributed by atoms with Crippen LogP contribution in [0.3, 0.4) is 0 Å². The normalized spacial score (nSPS) is 19.3. The minimum Gasteiger partial charge on any atom is -0.480 e. The Labute approximate surface area is 138 Å². The van der Waals surface area contributed by atoms with Crippen molar-refractivity contribution in [3.05, 3.63) is 24.3 Å². The van der Waals surface area contributed by atoms with Crippen molar-refractivity contribution in [1.82, 2.24) is 5.32 Å². The molecule has 3 rings (SSSR count). The Kier molecular flexibility index (Phi) is 4.30. The van der Waals surface area contributed by atoms with Crippen LogP contribution in [0, 0.1) is 0 Å². The minimum atomic E-state index is -1.18. The van der Waals surface area contributed by atoms with E-state index in [1.54, 1.807) is 6.07 Å². The number of carbonyl (C=O) groups excluding carboxylic acids is 2. The number of hydrogen-bond donors (Lipinski definition) is 2. The second-order valence-corrected chi connectivity index (χ2v) is 6.90. The van der Waals surface area contributed by atoms with Crippen molar-refractivity contribution in [2.24, 2.45) is 0 Å². The summed E-state index contributed by atoms with van der Waals surface area (Å²) in [5.74, 6) is -1.28. The predicted octanol–water partition coefficient (Wildman–Crippen LogP) is 1.64. The minimum absolute atomic E-state index is 0.139. The lowest BCUT2D eigenvalue weighted by molar-refractivity contribution is -0.147. The summed E-state index contributed by atoms with van der Waals surface area (Å²) in [5, 5.41) is 12.1. The molecule has 1 aliphatic heterocycles. The van der Waals surface area contributed by atoms with Crippen LogP contribution in [0.1, 0.15) is 25.7 Å².